The summed E-state index contributed by atoms with van der Waals surface area (Å²) in [5.74, 6) is -2.50. The largest absolute Gasteiger partial charge is 0.354 e. The highest BCUT2D eigenvalue weighted by Gasteiger charge is 2.31. The molecule has 0 heterocycles. The number of carbonyl (C=O) groups is 2. The molecule has 0 saturated heterocycles. The number of carbonyl (C=O) groups excluding carboxylic acids is 2. The molecule has 0 atom stereocenters. The Balaban J connectivity index is 1.52. The lowest BCUT2D eigenvalue weighted by atomic mass is 10.1. The Kier molecular flexibility index (Phi) is 5.88. The fourth-order valence-corrected chi connectivity index (χ4v) is 5.79. The molecule has 4 aromatic rings. The van der Waals surface area contributed by atoms with E-state index in [0.717, 1.165) is 0 Å². The van der Waals surface area contributed by atoms with Crippen LogP contribution >= 0.6 is 0 Å². The molecule has 10 heteroatoms. The van der Waals surface area contributed by atoms with E-state index in [9.17, 15) is 26.4 Å². The normalized spacial score (nSPS) is 11.9. The van der Waals surface area contributed by atoms with Gasteiger partial charge in [-0.25, -0.2) is 9.59 Å². The Morgan fingerprint density at radius 3 is 1.33 bits per heavy atom. The van der Waals surface area contributed by atoms with Crippen molar-refractivity contribution >= 4 is 53.7 Å². The van der Waals surface area contributed by atoms with E-state index in [4.69, 9.17) is 0 Å². The average molecular weight is 485 g/mol. The van der Waals surface area contributed by atoms with Gasteiger partial charge in [-0.3, -0.25) is 0 Å². The predicted octanol–water partition coefficient (Wildman–Crippen LogP) is 3.62. The Labute approximate surface area is 189 Å². The highest BCUT2D eigenvalue weighted by molar-refractivity contribution is 8.04. The third kappa shape index (κ3) is 5.02. The fourth-order valence-electron chi connectivity index (χ4n) is 3.35. The van der Waals surface area contributed by atoms with Crippen molar-refractivity contribution in [2.24, 2.45) is 0 Å². The number of benzene rings is 4. The number of hydrogen-bond acceptors (Lipinski definition) is 8. The summed E-state index contributed by atoms with van der Waals surface area (Å²) in [6, 6.07) is 22.7. The first-order valence-electron chi connectivity index (χ1n) is 9.54. The van der Waals surface area contributed by atoms with Crippen LogP contribution in [0.3, 0.4) is 0 Å². The molecule has 0 fully saturated rings. The van der Waals surface area contributed by atoms with Crippen molar-refractivity contribution in [3.63, 3.8) is 0 Å². The smallest absolute Gasteiger partial charge is 0.340 e. The van der Waals surface area contributed by atoms with Crippen LogP contribution in [0.25, 0.3) is 21.5 Å². The molecule has 0 aliphatic rings. The first-order valence-corrected chi connectivity index (χ1v) is 12.7. The van der Waals surface area contributed by atoms with Gasteiger partial charge in [-0.2, -0.15) is 16.8 Å². The van der Waals surface area contributed by atoms with Gasteiger partial charge >= 0.3 is 32.2 Å². The molecule has 0 N–H and O–H groups in total. The van der Waals surface area contributed by atoms with Crippen LogP contribution in [0.5, 0.6) is 0 Å². The Morgan fingerprint density at radius 1 is 0.545 bits per heavy atom. The molecular formula is C23H16O8S2. The lowest BCUT2D eigenvalue weighted by molar-refractivity contribution is 0.0745. The molecule has 33 heavy (non-hydrogen) atoms. The van der Waals surface area contributed by atoms with Gasteiger partial charge in [-0.15, -0.1) is 0 Å². The zero-order valence-corrected chi connectivity index (χ0v) is 18.5. The molecule has 4 aromatic carbocycles. The van der Waals surface area contributed by atoms with Gasteiger partial charge in [-0.1, -0.05) is 72.8 Å². The number of rotatable bonds is 6. The van der Waals surface area contributed by atoms with E-state index in [1.54, 1.807) is 60.7 Å². The van der Waals surface area contributed by atoms with Gasteiger partial charge in [0.2, 0.25) is 5.08 Å². The number of hydrogen-bond donors (Lipinski definition) is 0. The summed E-state index contributed by atoms with van der Waals surface area (Å²) < 4.78 is 58.1. The SMILES string of the molecule is O=C(OS(=O)(=O)CS(=O)(=O)OC(=O)c1cccc2ccccc12)c1cccc2ccccc12. The molecule has 0 aliphatic carbocycles. The zero-order valence-electron chi connectivity index (χ0n) is 16.9. The van der Waals surface area contributed by atoms with E-state index in [1.165, 1.54) is 24.3 Å². The van der Waals surface area contributed by atoms with Crippen LogP contribution in [0, 0.1) is 0 Å². The maximum atomic E-state index is 12.4. The van der Waals surface area contributed by atoms with Gasteiger partial charge in [0.15, 0.2) is 0 Å². The summed E-state index contributed by atoms with van der Waals surface area (Å²) in [6.45, 7) is 0. The lowest BCUT2D eigenvalue weighted by Gasteiger charge is -2.10. The van der Waals surface area contributed by atoms with E-state index in [0.29, 0.717) is 21.5 Å². The van der Waals surface area contributed by atoms with Gasteiger partial charge in [-0.05, 0) is 33.7 Å². The molecule has 8 nitrogen and oxygen atoms in total. The zero-order chi connectivity index (χ0) is 23.6. The topological polar surface area (TPSA) is 121 Å². The predicted molar refractivity (Wildman–Crippen MR) is 121 cm³/mol. The minimum atomic E-state index is -4.94. The average Bonchev–Trinajstić information content (AvgIpc) is 2.76. The van der Waals surface area contributed by atoms with Crippen molar-refractivity contribution < 1.29 is 34.8 Å². The van der Waals surface area contributed by atoms with Crippen molar-refractivity contribution in [2.75, 3.05) is 5.08 Å². The van der Waals surface area contributed by atoms with Gasteiger partial charge in [0, 0.05) is 0 Å². The first-order chi connectivity index (χ1) is 15.7. The minimum Gasteiger partial charge on any atom is -0.340 e. The second-order valence-corrected chi connectivity index (χ2v) is 10.5. The van der Waals surface area contributed by atoms with E-state index < -0.39 is 37.3 Å². The second kappa shape index (κ2) is 8.64. The maximum absolute atomic E-state index is 12.4. The molecule has 168 valence electrons. The van der Waals surface area contributed by atoms with Crippen LogP contribution < -0.4 is 0 Å². The van der Waals surface area contributed by atoms with Crippen LogP contribution in [0.15, 0.2) is 84.9 Å². The molecule has 0 aromatic heterocycles. The van der Waals surface area contributed by atoms with Crippen molar-refractivity contribution in [1.29, 1.82) is 0 Å². The standard InChI is InChI=1S/C23H16O8S2/c24-22(20-13-5-9-16-7-1-3-11-18(16)20)30-32(26,27)15-33(28,29)31-23(25)21-14-6-10-17-8-2-4-12-19(17)21/h1-14H,15H2. The van der Waals surface area contributed by atoms with Crippen molar-refractivity contribution in [2.45, 2.75) is 0 Å². The van der Waals surface area contributed by atoms with Gasteiger partial charge in [0.25, 0.3) is 0 Å². The van der Waals surface area contributed by atoms with Crippen LogP contribution in [0.2, 0.25) is 0 Å². The van der Waals surface area contributed by atoms with E-state index >= 15 is 0 Å². The lowest BCUT2D eigenvalue weighted by Crippen LogP contribution is -2.25. The first kappa shape index (κ1) is 22.4. The van der Waals surface area contributed by atoms with Crippen LogP contribution in [0.1, 0.15) is 20.7 Å². The van der Waals surface area contributed by atoms with Gasteiger partial charge < -0.3 is 8.37 Å². The van der Waals surface area contributed by atoms with Crippen molar-refractivity contribution in [1.82, 2.24) is 0 Å². The van der Waals surface area contributed by atoms with Gasteiger partial charge in [0.05, 0.1) is 11.1 Å². The van der Waals surface area contributed by atoms with Crippen LogP contribution in [-0.2, 0) is 28.6 Å². The van der Waals surface area contributed by atoms with E-state index in [-0.39, 0.29) is 11.1 Å². The van der Waals surface area contributed by atoms with Gasteiger partial charge in [0.1, 0.15) is 0 Å². The molecular weight excluding hydrogens is 468 g/mol. The summed E-state index contributed by atoms with van der Waals surface area (Å²) in [5, 5.41) is 0.491. The summed E-state index contributed by atoms with van der Waals surface area (Å²) >= 11 is 0. The second-order valence-electron chi connectivity index (χ2n) is 7.03. The molecule has 0 radical (unpaired) electrons. The number of fused-ring (bicyclic) bond motifs is 2. The summed E-state index contributed by atoms with van der Waals surface area (Å²) in [5.41, 5.74) is -0.108. The molecule has 0 bridgehead atoms. The highest BCUT2D eigenvalue weighted by atomic mass is 32.3. The van der Waals surface area contributed by atoms with Crippen molar-refractivity contribution in [3.8, 4) is 0 Å². The summed E-state index contributed by atoms with van der Waals surface area (Å²) in [4.78, 5) is 24.9. The maximum Gasteiger partial charge on any atom is 0.354 e. The Hall–Kier alpha value is -3.76. The van der Waals surface area contributed by atoms with E-state index in [2.05, 4.69) is 8.37 Å². The van der Waals surface area contributed by atoms with E-state index in [1.807, 2.05) is 0 Å². The molecule has 0 unspecified atom stereocenters. The summed E-state index contributed by atoms with van der Waals surface area (Å²) in [6.07, 6.45) is 0. The quantitative estimate of drug-likeness (QED) is 0.381. The third-order valence-corrected chi connectivity index (χ3v) is 7.83. The molecule has 0 spiro atoms. The fraction of sp³-hybridized carbons (Fsp3) is 0.0435. The Bertz CT molecular complexity index is 1470. The third-order valence-electron chi connectivity index (χ3n) is 4.71. The van der Waals surface area contributed by atoms with Crippen LogP contribution in [-0.4, -0.2) is 33.9 Å². The van der Waals surface area contributed by atoms with Crippen LogP contribution in [0.4, 0.5) is 0 Å². The highest BCUT2D eigenvalue weighted by Crippen LogP contribution is 2.22. The molecule has 4 rings (SSSR count). The molecule has 0 amide bonds. The Morgan fingerprint density at radius 2 is 0.909 bits per heavy atom. The molecule has 0 aliphatic heterocycles. The monoisotopic (exact) mass is 484 g/mol. The van der Waals surface area contributed by atoms with Crippen molar-refractivity contribution in [3.05, 3.63) is 96.1 Å². The summed E-state index contributed by atoms with van der Waals surface area (Å²) in [7, 11) is -9.88. The minimum absolute atomic E-state index is 0.0539. The molecule has 0 saturated carbocycles.